The lowest BCUT2D eigenvalue weighted by Gasteiger charge is -2.15. The number of hydrogen-bond acceptors (Lipinski definition) is 5. The summed E-state index contributed by atoms with van der Waals surface area (Å²) < 4.78 is 0. The van der Waals surface area contributed by atoms with Crippen LogP contribution in [0.3, 0.4) is 0 Å². The Hall–Kier alpha value is -1.70. The Morgan fingerprint density at radius 2 is 2.04 bits per heavy atom. The van der Waals surface area contributed by atoms with E-state index >= 15 is 0 Å². The zero-order valence-corrected chi connectivity index (χ0v) is 15.2. The van der Waals surface area contributed by atoms with E-state index in [1.165, 1.54) is 4.80 Å². The van der Waals surface area contributed by atoms with E-state index in [0.29, 0.717) is 30.4 Å². The zero-order chi connectivity index (χ0) is 16.8. The van der Waals surface area contributed by atoms with Crippen LogP contribution in [-0.4, -0.2) is 39.2 Å². The molecule has 24 heavy (non-hydrogen) atoms. The number of aromatic nitrogens is 4. The van der Waals surface area contributed by atoms with Gasteiger partial charge in [-0.1, -0.05) is 25.4 Å². The Morgan fingerprint density at radius 1 is 1.38 bits per heavy atom. The first-order valence-corrected chi connectivity index (χ1v) is 7.96. The summed E-state index contributed by atoms with van der Waals surface area (Å²) in [5.74, 6) is 0.556. The molecule has 1 amide bonds. The third-order valence-corrected chi connectivity index (χ3v) is 3.78. The molecule has 0 spiro atoms. The molecule has 2 atom stereocenters. The zero-order valence-electron chi connectivity index (χ0n) is 13.6. The number of benzene rings is 1. The SMILES string of the molecule is CCC(C(=O)NCC(C)CN)n1nnc(-c2ccc(Cl)cc2)n1.Cl. The van der Waals surface area contributed by atoms with Crippen molar-refractivity contribution < 1.29 is 4.79 Å². The molecule has 0 aliphatic carbocycles. The Kier molecular flexibility index (Phi) is 8.10. The number of halogens is 2. The van der Waals surface area contributed by atoms with Crippen LogP contribution >= 0.6 is 24.0 Å². The lowest BCUT2D eigenvalue weighted by molar-refractivity contribution is -0.125. The van der Waals surface area contributed by atoms with Gasteiger partial charge in [0.05, 0.1) is 0 Å². The molecule has 0 aliphatic heterocycles. The molecule has 7 nitrogen and oxygen atoms in total. The topological polar surface area (TPSA) is 98.7 Å². The van der Waals surface area contributed by atoms with E-state index in [-0.39, 0.29) is 24.2 Å². The Labute approximate surface area is 152 Å². The fourth-order valence-electron chi connectivity index (χ4n) is 2.00. The number of carbonyl (C=O) groups is 1. The highest BCUT2D eigenvalue weighted by atomic mass is 35.5. The number of nitrogens with one attached hydrogen (secondary N) is 1. The van der Waals surface area contributed by atoms with E-state index in [0.717, 1.165) is 5.56 Å². The van der Waals surface area contributed by atoms with Gasteiger partial charge in [-0.3, -0.25) is 4.79 Å². The summed E-state index contributed by atoms with van der Waals surface area (Å²) in [4.78, 5) is 13.6. The first-order valence-electron chi connectivity index (χ1n) is 7.58. The van der Waals surface area contributed by atoms with Crippen molar-refractivity contribution in [3.63, 3.8) is 0 Å². The van der Waals surface area contributed by atoms with Crippen LogP contribution < -0.4 is 11.1 Å². The first-order chi connectivity index (χ1) is 11.0. The highest BCUT2D eigenvalue weighted by Crippen LogP contribution is 2.18. The molecule has 0 saturated carbocycles. The summed E-state index contributed by atoms with van der Waals surface area (Å²) >= 11 is 5.87. The predicted molar refractivity (Wildman–Crippen MR) is 96.1 cm³/mol. The van der Waals surface area contributed by atoms with Crippen molar-refractivity contribution >= 4 is 29.9 Å². The normalized spacial score (nSPS) is 13.0. The maximum Gasteiger partial charge on any atom is 0.246 e. The van der Waals surface area contributed by atoms with E-state index in [9.17, 15) is 4.79 Å². The van der Waals surface area contributed by atoms with E-state index in [1.54, 1.807) is 12.1 Å². The van der Waals surface area contributed by atoms with Crippen molar-refractivity contribution in [3.05, 3.63) is 29.3 Å². The molecule has 2 rings (SSSR count). The third-order valence-electron chi connectivity index (χ3n) is 3.53. The molecule has 0 saturated heterocycles. The minimum atomic E-state index is -0.492. The van der Waals surface area contributed by atoms with Gasteiger partial charge in [0.1, 0.15) is 0 Å². The maximum absolute atomic E-state index is 12.3. The van der Waals surface area contributed by atoms with Crippen molar-refractivity contribution in [2.75, 3.05) is 13.1 Å². The Balaban J connectivity index is 0.00000288. The van der Waals surface area contributed by atoms with Crippen LogP contribution in [0.25, 0.3) is 11.4 Å². The van der Waals surface area contributed by atoms with Crippen LogP contribution in [0, 0.1) is 5.92 Å². The molecule has 0 bridgehead atoms. The van der Waals surface area contributed by atoms with Crippen LogP contribution in [0.1, 0.15) is 26.3 Å². The predicted octanol–water partition coefficient (Wildman–Crippen LogP) is 2.08. The molecule has 1 aromatic heterocycles. The van der Waals surface area contributed by atoms with Gasteiger partial charge in [0.25, 0.3) is 0 Å². The molecule has 132 valence electrons. The lowest BCUT2D eigenvalue weighted by atomic mass is 10.1. The van der Waals surface area contributed by atoms with Crippen LogP contribution in [0.5, 0.6) is 0 Å². The van der Waals surface area contributed by atoms with Crippen molar-refractivity contribution in [3.8, 4) is 11.4 Å². The van der Waals surface area contributed by atoms with E-state index in [2.05, 4.69) is 20.7 Å². The highest BCUT2D eigenvalue weighted by Gasteiger charge is 2.22. The molecule has 2 aromatic rings. The molecule has 1 aromatic carbocycles. The first kappa shape index (κ1) is 20.3. The smallest absolute Gasteiger partial charge is 0.246 e. The molecule has 2 unspecified atom stereocenters. The number of hydrogen-bond donors (Lipinski definition) is 2. The number of carbonyl (C=O) groups excluding carboxylic acids is 1. The van der Waals surface area contributed by atoms with Crippen LogP contribution in [0.15, 0.2) is 24.3 Å². The van der Waals surface area contributed by atoms with Gasteiger partial charge in [-0.2, -0.15) is 4.80 Å². The van der Waals surface area contributed by atoms with E-state index in [4.69, 9.17) is 17.3 Å². The van der Waals surface area contributed by atoms with Crippen LogP contribution in [0.2, 0.25) is 5.02 Å². The molecule has 9 heteroatoms. The summed E-state index contributed by atoms with van der Waals surface area (Å²) in [6.45, 7) is 4.94. The van der Waals surface area contributed by atoms with Gasteiger partial charge in [-0.25, -0.2) is 0 Å². The fraction of sp³-hybridized carbons (Fsp3) is 0.467. The van der Waals surface area contributed by atoms with Crippen LogP contribution in [0.4, 0.5) is 0 Å². The van der Waals surface area contributed by atoms with Gasteiger partial charge in [0.15, 0.2) is 6.04 Å². The number of nitrogens with zero attached hydrogens (tertiary/aromatic N) is 4. The van der Waals surface area contributed by atoms with Crippen molar-refractivity contribution in [1.82, 2.24) is 25.5 Å². The lowest BCUT2D eigenvalue weighted by Crippen LogP contribution is -2.37. The average Bonchev–Trinajstić information content (AvgIpc) is 3.03. The Morgan fingerprint density at radius 3 is 2.62 bits per heavy atom. The van der Waals surface area contributed by atoms with E-state index in [1.807, 2.05) is 26.0 Å². The molecule has 0 radical (unpaired) electrons. The number of rotatable bonds is 7. The molecule has 3 N–H and O–H groups in total. The number of nitrogens with two attached hydrogens (primary N) is 1. The van der Waals surface area contributed by atoms with Gasteiger partial charge in [0.2, 0.25) is 11.7 Å². The highest BCUT2D eigenvalue weighted by molar-refractivity contribution is 6.30. The summed E-state index contributed by atoms with van der Waals surface area (Å²) in [5.41, 5.74) is 6.35. The molecule has 1 heterocycles. The second kappa shape index (κ2) is 9.56. The minimum Gasteiger partial charge on any atom is -0.354 e. The Bertz CT molecular complexity index is 646. The number of tetrazole rings is 1. The second-order valence-electron chi connectivity index (χ2n) is 5.45. The maximum atomic E-state index is 12.3. The van der Waals surface area contributed by atoms with Gasteiger partial charge < -0.3 is 11.1 Å². The third kappa shape index (κ3) is 5.15. The fourth-order valence-corrected chi connectivity index (χ4v) is 2.13. The molecule has 0 aliphatic rings. The van der Waals surface area contributed by atoms with Gasteiger partial charge in [-0.05, 0) is 48.4 Å². The largest absolute Gasteiger partial charge is 0.354 e. The monoisotopic (exact) mass is 372 g/mol. The minimum absolute atomic E-state index is 0. The molecular weight excluding hydrogens is 351 g/mol. The van der Waals surface area contributed by atoms with Crippen molar-refractivity contribution in [2.24, 2.45) is 11.7 Å². The van der Waals surface area contributed by atoms with Gasteiger partial charge >= 0.3 is 0 Å². The average molecular weight is 373 g/mol. The number of amides is 1. The van der Waals surface area contributed by atoms with Crippen molar-refractivity contribution in [1.29, 1.82) is 0 Å². The van der Waals surface area contributed by atoms with Gasteiger partial charge in [-0.15, -0.1) is 22.6 Å². The molecule has 0 fully saturated rings. The summed E-state index contributed by atoms with van der Waals surface area (Å²) in [5, 5.41) is 15.9. The quantitative estimate of drug-likeness (QED) is 0.774. The van der Waals surface area contributed by atoms with Crippen molar-refractivity contribution in [2.45, 2.75) is 26.3 Å². The summed E-state index contributed by atoms with van der Waals surface area (Å²) in [6, 6.07) is 6.65. The van der Waals surface area contributed by atoms with E-state index < -0.39 is 6.04 Å². The second-order valence-corrected chi connectivity index (χ2v) is 5.89. The summed E-state index contributed by atoms with van der Waals surface area (Å²) in [6.07, 6.45) is 0.569. The van der Waals surface area contributed by atoms with Crippen LogP contribution in [-0.2, 0) is 4.79 Å². The van der Waals surface area contributed by atoms with Gasteiger partial charge in [0, 0.05) is 17.1 Å². The standard InChI is InChI=1S/C15H21ClN6O.ClH/c1-3-13(15(23)18-9-10(2)8-17)22-20-14(19-21-22)11-4-6-12(16)7-5-11;/h4-7,10,13H,3,8-9,17H2,1-2H3,(H,18,23);1H. The molecular formula is C15H22Cl2N6O. The summed E-state index contributed by atoms with van der Waals surface area (Å²) in [7, 11) is 0.